The lowest BCUT2D eigenvalue weighted by Crippen LogP contribution is -2.24. The van der Waals surface area contributed by atoms with Crippen molar-refractivity contribution in [2.24, 2.45) is 16.5 Å². The summed E-state index contributed by atoms with van der Waals surface area (Å²) in [6, 6.07) is 18.9. The molecule has 5 nitrogen and oxygen atoms in total. The number of fused-ring (bicyclic) bond motifs is 1. The van der Waals surface area contributed by atoms with Crippen LogP contribution in [0.5, 0.6) is 5.75 Å². The minimum Gasteiger partial charge on any atom is -0.488 e. The van der Waals surface area contributed by atoms with Gasteiger partial charge in [-0.25, -0.2) is 0 Å². The van der Waals surface area contributed by atoms with Crippen LogP contribution in [0.3, 0.4) is 0 Å². The van der Waals surface area contributed by atoms with Crippen molar-refractivity contribution >= 4 is 51.0 Å². The third kappa shape index (κ3) is 4.53. The van der Waals surface area contributed by atoms with Crippen molar-refractivity contribution in [3.05, 3.63) is 76.3 Å². The highest BCUT2D eigenvalue weighted by Crippen LogP contribution is 2.29. The van der Waals surface area contributed by atoms with Gasteiger partial charge >= 0.3 is 0 Å². The van der Waals surface area contributed by atoms with Crippen LogP contribution in [-0.2, 0) is 6.61 Å². The quantitative estimate of drug-likeness (QED) is 0.479. The Bertz CT molecular complexity index is 955. The Hall–Kier alpha value is -2.57. The van der Waals surface area contributed by atoms with Gasteiger partial charge in [-0.15, -0.1) is 12.4 Å². The van der Waals surface area contributed by atoms with Crippen molar-refractivity contribution in [2.45, 2.75) is 6.61 Å². The Morgan fingerprint density at radius 3 is 2.38 bits per heavy atom. The maximum absolute atomic E-state index is 12.5. The molecule has 0 heterocycles. The van der Waals surface area contributed by atoms with E-state index in [1.54, 1.807) is 6.07 Å². The van der Waals surface area contributed by atoms with Gasteiger partial charge < -0.3 is 16.2 Å². The fourth-order valence-corrected chi connectivity index (χ4v) is 2.77. The van der Waals surface area contributed by atoms with Gasteiger partial charge in [0.05, 0.1) is 5.56 Å². The van der Waals surface area contributed by atoms with E-state index in [9.17, 15) is 4.79 Å². The highest BCUT2D eigenvalue weighted by Gasteiger charge is 2.16. The largest absolute Gasteiger partial charge is 0.488 e. The summed E-state index contributed by atoms with van der Waals surface area (Å²) in [5.74, 6) is -0.365. The number of hydrogen-bond acceptors (Lipinski definition) is 2. The zero-order valence-corrected chi connectivity index (χ0v) is 16.1. The van der Waals surface area contributed by atoms with Gasteiger partial charge in [0.1, 0.15) is 12.4 Å². The second-order valence-corrected chi connectivity index (χ2v) is 6.33. The number of rotatable bonds is 4. The Kier molecular flexibility index (Phi) is 6.60. The molecule has 3 aromatic rings. The van der Waals surface area contributed by atoms with Gasteiger partial charge in [-0.3, -0.25) is 4.79 Å². The molecule has 26 heavy (non-hydrogen) atoms. The molecule has 0 saturated carbocycles. The molecule has 0 aliphatic rings. The molecule has 0 radical (unpaired) electrons. The maximum atomic E-state index is 12.5. The summed E-state index contributed by atoms with van der Waals surface area (Å²) in [4.78, 5) is 16.2. The molecule has 0 spiro atoms. The van der Waals surface area contributed by atoms with Crippen molar-refractivity contribution < 1.29 is 9.53 Å². The monoisotopic (exact) mass is 433 g/mol. The van der Waals surface area contributed by atoms with Crippen molar-refractivity contribution in [1.82, 2.24) is 0 Å². The fraction of sp³-hybridized carbons (Fsp3) is 0.0526. The van der Waals surface area contributed by atoms with Crippen molar-refractivity contribution in [3.8, 4) is 5.75 Å². The van der Waals surface area contributed by atoms with Crippen molar-refractivity contribution in [1.29, 1.82) is 0 Å². The van der Waals surface area contributed by atoms with Crippen LogP contribution < -0.4 is 16.2 Å². The van der Waals surface area contributed by atoms with Crippen LogP contribution in [-0.4, -0.2) is 11.9 Å². The van der Waals surface area contributed by atoms with Crippen LogP contribution in [0.15, 0.2) is 70.1 Å². The molecular weight excluding hydrogens is 418 g/mol. The number of benzene rings is 3. The Balaban J connectivity index is 0.00000243. The lowest BCUT2D eigenvalue weighted by Gasteiger charge is -2.12. The van der Waals surface area contributed by atoms with Gasteiger partial charge in [-0.1, -0.05) is 58.4 Å². The van der Waals surface area contributed by atoms with Crippen molar-refractivity contribution in [2.75, 3.05) is 0 Å². The zero-order valence-electron chi connectivity index (χ0n) is 13.7. The molecule has 3 rings (SSSR count). The number of carbonyl (C=O) groups excluding carboxylic acids is 1. The third-order valence-corrected chi connectivity index (χ3v) is 4.17. The van der Waals surface area contributed by atoms with Gasteiger partial charge in [0, 0.05) is 4.47 Å². The molecular formula is C19H17BrClN3O2. The fourth-order valence-electron chi connectivity index (χ4n) is 2.51. The molecule has 134 valence electrons. The number of amides is 1. The first kappa shape index (κ1) is 19.8. The Labute approximate surface area is 165 Å². The smallest absolute Gasteiger partial charge is 0.284 e. The number of nitrogens with two attached hydrogens (primary N) is 2. The van der Waals surface area contributed by atoms with E-state index in [4.69, 9.17) is 16.2 Å². The van der Waals surface area contributed by atoms with Gasteiger partial charge in [0.2, 0.25) is 0 Å². The predicted molar refractivity (Wildman–Crippen MR) is 110 cm³/mol. The summed E-state index contributed by atoms with van der Waals surface area (Å²) >= 11 is 3.40. The van der Waals surface area contributed by atoms with Crippen LogP contribution in [0.1, 0.15) is 15.9 Å². The summed E-state index contributed by atoms with van der Waals surface area (Å²) in [5.41, 5.74) is 12.1. The number of ether oxygens (including phenoxy) is 1. The molecule has 4 N–H and O–H groups in total. The van der Waals surface area contributed by atoms with E-state index in [2.05, 4.69) is 20.9 Å². The number of carbonyl (C=O) groups is 1. The molecule has 0 saturated heterocycles. The molecule has 0 atom stereocenters. The first-order chi connectivity index (χ1) is 12.0. The second-order valence-electron chi connectivity index (χ2n) is 5.42. The SMILES string of the molecule is Cl.NC(N)=NC(=O)c1c(OCc2ccc(Br)cc2)ccc2ccccc12. The molecule has 0 fully saturated rings. The van der Waals surface area contributed by atoms with E-state index in [0.717, 1.165) is 20.8 Å². The van der Waals surface area contributed by atoms with Crippen molar-refractivity contribution in [3.63, 3.8) is 0 Å². The summed E-state index contributed by atoms with van der Waals surface area (Å²) < 4.78 is 6.88. The molecule has 3 aromatic carbocycles. The molecule has 1 amide bonds. The normalized spacial score (nSPS) is 10.0. The minimum atomic E-state index is -0.525. The number of nitrogens with zero attached hydrogens (tertiary/aromatic N) is 1. The molecule has 0 bridgehead atoms. The molecule has 0 aromatic heterocycles. The summed E-state index contributed by atoms with van der Waals surface area (Å²) in [5, 5.41) is 1.65. The van der Waals surface area contributed by atoms with Crippen LogP contribution >= 0.6 is 28.3 Å². The topological polar surface area (TPSA) is 90.7 Å². The lowest BCUT2D eigenvalue weighted by molar-refractivity contribution is 0.1000. The van der Waals surface area contributed by atoms with Gasteiger partial charge in [-0.05, 0) is 34.5 Å². The summed E-state index contributed by atoms with van der Waals surface area (Å²) in [6.45, 7) is 0.327. The first-order valence-corrected chi connectivity index (χ1v) is 8.37. The lowest BCUT2D eigenvalue weighted by atomic mass is 10.0. The third-order valence-electron chi connectivity index (χ3n) is 3.64. The van der Waals surface area contributed by atoms with Crippen LogP contribution in [0.2, 0.25) is 0 Å². The highest BCUT2D eigenvalue weighted by molar-refractivity contribution is 9.10. The van der Waals surface area contributed by atoms with Gasteiger partial charge in [0.15, 0.2) is 5.96 Å². The maximum Gasteiger partial charge on any atom is 0.284 e. The van der Waals surface area contributed by atoms with E-state index >= 15 is 0 Å². The van der Waals surface area contributed by atoms with Gasteiger partial charge in [-0.2, -0.15) is 4.99 Å². The van der Waals surface area contributed by atoms with Crippen LogP contribution in [0.25, 0.3) is 10.8 Å². The van der Waals surface area contributed by atoms with Crippen LogP contribution in [0.4, 0.5) is 0 Å². The average Bonchev–Trinajstić information content (AvgIpc) is 2.60. The Morgan fingerprint density at radius 2 is 1.69 bits per heavy atom. The number of aliphatic imine (C=N–C) groups is 1. The number of halogens is 2. The first-order valence-electron chi connectivity index (χ1n) is 7.57. The molecule has 0 aliphatic heterocycles. The van der Waals surface area contributed by atoms with Gasteiger partial charge in [0.25, 0.3) is 5.91 Å². The molecule has 0 unspecified atom stereocenters. The van der Waals surface area contributed by atoms with Crippen LogP contribution in [0, 0.1) is 0 Å². The van der Waals surface area contributed by atoms with E-state index in [-0.39, 0.29) is 18.4 Å². The average molecular weight is 435 g/mol. The predicted octanol–water partition coefficient (Wildman–Crippen LogP) is 4.02. The summed E-state index contributed by atoms with van der Waals surface area (Å²) in [7, 11) is 0. The summed E-state index contributed by atoms with van der Waals surface area (Å²) in [6.07, 6.45) is 0. The van der Waals surface area contributed by atoms with E-state index in [0.29, 0.717) is 17.9 Å². The standard InChI is InChI=1S/C19H16BrN3O2.ClH/c20-14-8-5-12(6-9-14)11-25-16-10-7-13-3-1-2-4-15(13)17(16)18(24)23-19(21)22;/h1-10H,11H2,(H4,21,22,23,24);1H. The zero-order chi connectivity index (χ0) is 17.8. The van der Waals surface area contributed by atoms with E-state index < -0.39 is 5.91 Å². The minimum absolute atomic E-state index is 0. The second kappa shape index (κ2) is 8.69. The molecule has 0 aliphatic carbocycles. The Morgan fingerprint density at radius 1 is 1.00 bits per heavy atom. The highest BCUT2D eigenvalue weighted by atomic mass is 79.9. The van der Waals surface area contributed by atoms with E-state index in [1.165, 1.54) is 0 Å². The number of guanidine groups is 1. The number of hydrogen-bond donors (Lipinski definition) is 2. The van der Waals surface area contributed by atoms with E-state index in [1.807, 2.05) is 54.6 Å². The molecule has 7 heteroatoms.